The second kappa shape index (κ2) is 7.80. The van der Waals surface area contributed by atoms with Gasteiger partial charge in [0.2, 0.25) is 0 Å². The fraction of sp³-hybridized carbons (Fsp3) is 0.800. The van der Waals surface area contributed by atoms with E-state index in [-0.39, 0.29) is 0 Å². The topological polar surface area (TPSA) is 26.0 Å². The predicted octanol–water partition coefficient (Wildman–Crippen LogP) is 2.72. The van der Waals surface area contributed by atoms with Gasteiger partial charge in [0.1, 0.15) is 0 Å². The first-order chi connectivity index (χ1) is 5.31. The number of unbranched alkanes of at least 4 members (excludes halogenated alkanes) is 1. The minimum atomic E-state index is 0.810. The van der Waals surface area contributed by atoms with E-state index in [9.17, 15) is 0 Å². The van der Waals surface area contributed by atoms with E-state index in [1.807, 2.05) is 0 Å². The van der Waals surface area contributed by atoms with Crippen molar-refractivity contribution < 1.29 is 0 Å². The van der Waals surface area contributed by atoms with Gasteiger partial charge in [-0.3, -0.25) is 0 Å². The van der Waals surface area contributed by atoms with Crippen LogP contribution in [-0.2, 0) is 0 Å². The molecule has 0 spiro atoms. The lowest BCUT2D eigenvalue weighted by Gasteiger charge is -2.07. The fourth-order valence-electron chi connectivity index (χ4n) is 1.18. The Labute approximate surface area is 70.7 Å². The number of allylic oxidation sites excluding steroid dienone is 2. The molecule has 0 bridgehead atoms. The van der Waals surface area contributed by atoms with Crippen molar-refractivity contribution in [2.24, 2.45) is 11.7 Å². The maximum Gasteiger partial charge on any atom is -0.00747 e. The summed E-state index contributed by atoms with van der Waals surface area (Å²) in [7, 11) is 0. The number of hydrogen-bond donors (Lipinski definition) is 1. The highest BCUT2D eigenvalue weighted by atomic mass is 14.5. The Morgan fingerprint density at radius 3 is 2.64 bits per heavy atom. The quantitative estimate of drug-likeness (QED) is 0.463. The lowest BCUT2D eigenvalue weighted by atomic mass is 10.0. The van der Waals surface area contributed by atoms with Gasteiger partial charge in [0, 0.05) is 0 Å². The standard InChI is InChI=1S/C10H21N/c1-3-4-5-6-7-10(2)8-9-11/h3-4,10H,5-9,11H2,1-2H3/b4-3-/t10-/m1/s1. The average Bonchev–Trinajstić information content (AvgIpc) is 1.99. The van der Waals surface area contributed by atoms with Crippen molar-refractivity contribution in [2.45, 2.75) is 39.5 Å². The molecule has 0 aromatic heterocycles. The van der Waals surface area contributed by atoms with Crippen LogP contribution in [0, 0.1) is 5.92 Å². The molecule has 0 aromatic rings. The van der Waals surface area contributed by atoms with Crippen LogP contribution >= 0.6 is 0 Å². The van der Waals surface area contributed by atoms with Gasteiger partial charge in [0.25, 0.3) is 0 Å². The van der Waals surface area contributed by atoms with E-state index in [0.717, 1.165) is 12.5 Å². The Morgan fingerprint density at radius 2 is 2.09 bits per heavy atom. The molecule has 0 fully saturated rings. The van der Waals surface area contributed by atoms with Crippen molar-refractivity contribution >= 4 is 0 Å². The summed E-state index contributed by atoms with van der Waals surface area (Å²) in [6.07, 6.45) is 9.39. The normalized spacial score (nSPS) is 14.1. The van der Waals surface area contributed by atoms with Crippen molar-refractivity contribution in [3.8, 4) is 0 Å². The molecule has 0 amide bonds. The second-order valence-electron chi connectivity index (χ2n) is 3.18. The molecular weight excluding hydrogens is 134 g/mol. The fourth-order valence-corrected chi connectivity index (χ4v) is 1.18. The number of hydrogen-bond acceptors (Lipinski definition) is 1. The van der Waals surface area contributed by atoms with Crippen molar-refractivity contribution in [3.63, 3.8) is 0 Å². The van der Waals surface area contributed by atoms with E-state index in [1.165, 1.54) is 25.7 Å². The number of nitrogens with two attached hydrogens (primary N) is 1. The van der Waals surface area contributed by atoms with Crippen molar-refractivity contribution in [1.29, 1.82) is 0 Å². The van der Waals surface area contributed by atoms with Gasteiger partial charge in [-0.1, -0.05) is 25.5 Å². The van der Waals surface area contributed by atoms with E-state index < -0.39 is 0 Å². The van der Waals surface area contributed by atoms with Crippen LogP contribution < -0.4 is 5.73 Å². The van der Waals surface area contributed by atoms with E-state index >= 15 is 0 Å². The summed E-state index contributed by atoms with van der Waals surface area (Å²) in [5, 5.41) is 0. The molecule has 0 aromatic carbocycles. The SMILES string of the molecule is C/C=C\CCC[C@@H](C)CCN. The lowest BCUT2D eigenvalue weighted by molar-refractivity contribution is 0.483. The van der Waals surface area contributed by atoms with Gasteiger partial charge in [-0.05, 0) is 38.6 Å². The van der Waals surface area contributed by atoms with Gasteiger partial charge in [-0.25, -0.2) is 0 Å². The van der Waals surface area contributed by atoms with E-state index in [1.54, 1.807) is 0 Å². The molecule has 2 N–H and O–H groups in total. The Hall–Kier alpha value is -0.300. The van der Waals surface area contributed by atoms with Crippen LogP contribution in [0.4, 0.5) is 0 Å². The zero-order valence-corrected chi connectivity index (χ0v) is 7.84. The summed E-state index contributed by atoms with van der Waals surface area (Å²) in [5.41, 5.74) is 5.45. The van der Waals surface area contributed by atoms with Gasteiger partial charge >= 0.3 is 0 Å². The van der Waals surface area contributed by atoms with Gasteiger partial charge in [-0.2, -0.15) is 0 Å². The Kier molecular flexibility index (Phi) is 7.59. The molecule has 1 atom stereocenters. The molecule has 0 aliphatic heterocycles. The number of rotatable bonds is 6. The molecule has 0 heterocycles. The first kappa shape index (κ1) is 10.7. The van der Waals surface area contributed by atoms with E-state index in [0.29, 0.717) is 0 Å². The molecule has 0 unspecified atom stereocenters. The van der Waals surface area contributed by atoms with Gasteiger partial charge < -0.3 is 5.73 Å². The van der Waals surface area contributed by atoms with Crippen LogP contribution in [0.3, 0.4) is 0 Å². The van der Waals surface area contributed by atoms with Crippen LogP contribution in [0.1, 0.15) is 39.5 Å². The molecule has 66 valence electrons. The van der Waals surface area contributed by atoms with Crippen molar-refractivity contribution in [3.05, 3.63) is 12.2 Å². The molecule has 11 heavy (non-hydrogen) atoms. The monoisotopic (exact) mass is 155 g/mol. The maximum absolute atomic E-state index is 5.45. The Morgan fingerprint density at radius 1 is 1.36 bits per heavy atom. The lowest BCUT2D eigenvalue weighted by Crippen LogP contribution is -2.05. The average molecular weight is 155 g/mol. The molecule has 0 saturated heterocycles. The zero-order chi connectivity index (χ0) is 8.53. The highest BCUT2D eigenvalue weighted by molar-refractivity contribution is 4.76. The van der Waals surface area contributed by atoms with Gasteiger partial charge in [0.15, 0.2) is 0 Å². The third kappa shape index (κ3) is 7.60. The van der Waals surface area contributed by atoms with Crippen molar-refractivity contribution in [1.82, 2.24) is 0 Å². The second-order valence-corrected chi connectivity index (χ2v) is 3.18. The van der Waals surface area contributed by atoms with E-state index in [4.69, 9.17) is 5.73 Å². The summed E-state index contributed by atoms with van der Waals surface area (Å²) in [4.78, 5) is 0. The van der Waals surface area contributed by atoms with E-state index in [2.05, 4.69) is 26.0 Å². The molecule has 1 nitrogen and oxygen atoms in total. The Bertz CT molecular complexity index is 97.0. The predicted molar refractivity (Wildman–Crippen MR) is 51.5 cm³/mol. The van der Waals surface area contributed by atoms with Gasteiger partial charge in [0.05, 0.1) is 0 Å². The van der Waals surface area contributed by atoms with Crippen LogP contribution in [0.15, 0.2) is 12.2 Å². The van der Waals surface area contributed by atoms with Crippen LogP contribution in [0.5, 0.6) is 0 Å². The largest absolute Gasteiger partial charge is 0.330 e. The molecule has 0 rings (SSSR count). The van der Waals surface area contributed by atoms with Crippen LogP contribution in [0.2, 0.25) is 0 Å². The first-order valence-electron chi connectivity index (χ1n) is 4.62. The molecule has 1 heteroatoms. The minimum absolute atomic E-state index is 0.810. The smallest absolute Gasteiger partial charge is 0.00747 e. The zero-order valence-electron chi connectivity index (χ0n) is 7.84. The third-order valence-corrected chi connectivity index (χ3v) is 1.96. The van der Waals surface area contributed by atoms with Crippen molar-refractivity contribution in [2.75, 3.05) is 6.54 Å². The Balaban J connectivity index is 3.10. The first-order valence-corrected chi connectivity index (χ1v) is 4.62. The summed E-state index contributed by atoms with van der Waals surface area (Å²) in [6.45, 7) is 5.19. The highest BCUT2D eigenvalue weighted by Crippen LogP contribution is 2.10. The molecule has 0 saturated carbocycles. The molecule has 0 radical (unpaired) electrons. The van der Waals surface area contributed by atoms with Crippen LogP contribution in [0.25, 0.3) is 0 Å². The van der Waals surface area contributed by atoms with Gasteiger partial charge in [-0.15, -0.1) is 0 Å². The summed E-state index contributed by atoms with van der Waals surface area (Å²) < 4.78 is 0. The molecule has 0 aliphatic carbocycles. The maximum atomic E-state index is 5.45. The molecule has 0 aliphatic rings. The third-order valence-electron chi connectivity index (χ3n) is 1.96. The summed E-state index contributed by atoms with van der Waals surface area (Å²) in [6, 6.07) is 0. The highest BCUT2D eigenvalue weighted by Gasteiger charge is 1.98. The molecular formula is C10H21N. The van der Waals surface area contributed by atoms with Crippen LogP contribution in [-0.4, -0.2) is 6.54 Å². The summed E-state index contributed by atoms with van der Waals surface area (Å²) >= 11 is 0. The summed E-state index contributed by atoms with van der Waals surface area (Å²) in [5.74, 6) is 0.810. The minimum Gasteiger partial charge on any atom is -0.330 e.